The van der Waals surface area contributed by atoms with Crippen molar-refractivity contribution < 1.29 is 8.78 Å². The normalized spacial score (nSPS) is 9.36. The SMILES string of the molecule is CNCCC#Cc1ccc(F)nc1F. The number of nitrogens with zero attached hydrogens (tertiary/aromatic N) is 1. The van der Waals surface area contributed by atoms with Crippen molar-refractivity contribution in [3.8, 4) is 11.8 Å². The summed E-state index contributed by atoms with van der Waals surface area (Å²) < 4.78 is 25.3. The molecule has 2 nitrogen and oxygen atoms in total. The molecule has 0 atom stereocenters. The minimum absolute atomic E-state index is 0.127. The number of hydrogen-bond acceptors (Lipinski definition) is 2. The quantitative estimate of drug-likeness (QED) is 0.438. The predicted molar refractivity (Wildman–Crippen MR) is 49.6 cm³/mol. The number of rotatable bonds is 2. The summed E-state index contributed by atoms with van der Waals surface area (Å²) in [7, 11) is 1.81. The Morgan fingerprint density at radius 3 is 2.86 bits per heavy atom. The fourth-order valence-electron chi connectivity index (χ4n) is 0.851. The summed E-state index contributed by atoms with van der Waals surface area (Å²) in [6, 6.07) is 2.37. The second kappa shape index (κ2) is 5.30. The van der Waals surface area contributed by atoms with Crippen molar-refractivity contribution in [1.29, 1.82) is 0 Å². The summed E-state index contributed by atoms with van der Waals surface area (Å²) >= 11 is 0. The maximum atomic E-state index is 12.9. The molecular weight excluding hydrogens is 186 g/mol. The van der Waals surface area contributed by atoms with E-state index in [4.69, 9.17) is 0 Å². The number of aromatic nitrogens is 1. The van der Waals surface area contributed by atoms with Crippen LogP contribution in [0.3, 0.4) is 0 Å². The van der Waals surface area contributed by atoms with Crippen LogP contribution in [0.25, 0.3) is 0 Å². The number of nitrogens with one attached hydrogen (secondary N) is 1. The average molecular weight is 196 g/mol. The van der Waals surface area contributed by atoms with Gasteiger partial charge in [0.05, 0.1) is 5.56 Å². The zero-order valence-corrected chi connectivity index (χ0v) is 7.77. The molecule has 74 valence electrons. The molecule has 0 aromatic carbocycles. The number of hydrogen-bond donors (Lipinski definition) is 1. The minimum atomic E-state index is -0.859. The molecule has 1 N–H and O–H groups in total. The molecule has 0 aliphatic carbocycles. The highest BCUT2D eigenvalue weighted by Crippen LogP contribution is 2.03. The van der Waals surface area contributed by atoms with E-state index >= 15 is 0 Å². The van der Waals surface area contributed by atoms with Crippen LogP contribution in [0.5, 0.6) is 0 Å². The zero-order chi connectivity index (χ0) is 10.4. The minimum Gasteiger partial charge on any atom is -0.319 e. The molecule has 0 radical (unpaired) electrons. The van der Waals surface area contributed by atoms with Gasteiger partial charge < -0.3 is 5.32 Å². The molecular formula is C10H10F2N2. The maximum absolute atomic E-state index is 12.9. The maximum Gasteiger partial charge on any atom is 0.231 e. The molecule has 1 aromatic rings. The Hall–Kier alpha value is -1.47. The summed E-state index contributed by atoms with van der Waals surface area (Å²) in [6.07, 6.45) is 0.618. The van der Waals surface area contributed by atoms with E-state index in [0.717, 1.165) is 12.6 Å². The Bertz CT molecular complexity index is 366. The molecule has 0 spiro atoms. The molecule has 0 saturated heterocycles. The van der Waals surface area contributed by atoms with Crippen LogP contribution in [0.2, 0.25) is 0 Å². The first-order valence-electron chi connectivity index (χ1n) is 4.19. The van der Waals surface area contributed by atoms with Gasteiger partial charge in [0.25, 0.3) is 0 Å². The molecule has 1 rings (SSSR count). The molecule has 14 heavy (non-hydrogen) atoms. The number of pyridine rings is 1. The third kappa shape index (κ3) is 3.11. The van der Waals surface area contributed by atoms with Gasteiger partial charge in [0.2, 0.25) is 11.9 Å². The van der Waals surface area contributed by atoms with Crippen LogP contribution in [-0.2, 0) is 0 Å². The second-order valence-electron chi connectivity index (χ2n) is 2.63. The summed E-state index contributed by atoms with van der Waals surface area (Å²) in [5, 5.41) is 2.91. The van der Waals surface area contributed by atoms with Gasteiger partial charge in [-0.05, 0) is 19.2 Å². The molecule has 4 heteroatoms. The van der Waals surface area contributed by atoms with Crippen molar-refractivity contribution in [3.05, 3.63) is 29.6 Å². The lowest BCUT2D eigenvalue weighted by Crippen LogP contribution is -2.05. The fraction of sp³-hybridized carbons (Fsp3) is 0.300. The van der Waals surface area contributed by atoms with Crippen LogP contribution in [0.4, 0.5) is 8.78 Å². The van der Waals surface area contributed by atoms with Gasteiger partial charge in [-0.15, -0.1) is 0 Å². The summed E-state index contributed by atoms with van der Waals surface area (Å²) in [5.74, 6) is 3.64. The first-order valence-corrected chi connectivity index (χ1v) is 4.19. The van der Waals surface area contributed by atoms with Crippen LogP contribution in [0, 0.1) is 23.7 Å². The second-order valence-corrected chi connectivity index (χ2v) is 2.63. The molecule has 0 aliphatic heterocycles. The summed E-state index contributed by atoms with van der Waals surface area (Å²) in [6.45, 7) is 0.739. The van der Waals surface area contributed by atoms with Crippen molar-refractivity contribution in [3.63, 3.8) is 0 Å². The predicted octanol–water partition coefficient (Wildman–Crippen LogP) is 1.32. The summed E-state index contributed by atoms with van der Waals surface area (Å²) in [5.41, 5.74) is 0.127. The van der Waals surface area contributed by atoms with Crippen LogP contribution in [-0.4, -0.2) is 18.6 Å². The van der Waals surface area contributed by atoms with Gasteiger partial charge in [0.15, 0.2) is 0 Å². The molecule has 0 aliphatic rings. The van der Waals surface area contributed by atoms with Gasteiger partial charge in [0.1, 0.15) is 0 Å². The van der Waals surface area contributed by atoms with Gasteiger partial charge in [0, 0.05) is 13.0 Å². The van der Waals surface area contributed by atoms with Crippen LogP contribution < -0.4 is 5.32 Å². The Balaban J connectivity index is 2.70. The molecule has 0 fully saturated rings. The molecule has 0 amide bonds. The molecule has 0 unspecified atom stereocenters. The van der Waals surface area contributed by atoms with Gasteiger partial charge in [-0.25, -0.2) is 0 Å². The summed E-state index contributed by atoms with van der Waals surface area (Å²) in [4.78, 5) is 3.02. The van der Waals surface area contributed by atoms with Crippen molar-refractivity contribution in [2.75, 3.05) is 13.6 Å². The van der Waals surface area contributed by atoms with Crippen LogP contribution in [0.15, 0.2) is 12.1 Å². The van der Waals surface area contributed by atoms with Crippen molar-refractivity contribution in [2.24, 2.45) is 0 Å². The van der Waals surface area contributed by atoms with E-state index in [-0.39, 0.29) is 5.56 Å². The lowest BCUT2D eigenvalue weighted by atomic mass is 10.2. The Morgan fingerprint density at radius 2 is 2.21 bits per heavy atom. The third-order valence-electron chi connectivity index (χ3n) is 1.54. The van der Waals surface area contributed by atoms with Crippen LogP contribution >= 0.6 is 0 Å². The lowest BCUT2D eigenvalue weighted by molar-refractivity contribution is 0.510. The first-order chi connectivity index (χ1) is 6.74. The van der Waals surface area contributed by atoms with Crippen molar-refractivity contribution in [1.82, 2.24) is 10.3 Å². The van der Waals surface area contributed by atoms with E-state index in [1.54, 1.807) is 0 Å². The molecule has 0 saturated carbocycles. The zero-order valence-electron chi connectivity index (χ0n) is 7.77. The molecule has 0 bridgehead atoms. The smallest absolute Gasteiger partial charge is 0.231 e. The highest BCUT2D eigenvalue weighted by Gasteiger charge is 2.01. The van der Waals surface area contributed by atoms with E-state index in [0.29, 0.717) is 6.42 Å². The van der Waals surface area contributed by atoms with E-state index in [1.165, 1.54) is 6.07 Å². The van der Waals surface area contributed by atoms with E-state index in [9.17, 15) is 8.78 Å². The molecule has 1 heterocycles. The largest absolute Gasteiger partial charge is 0.319 e. The van der Waals surface area contributed by atoms with Gasteiger partial charge in [-0.3, -0.25) is 0 Å². The van der Waals surface area contributed by atoms with Gasteiger partial charge in [-0.1, -0.05) is 11.8 Å². The van der Waals surface area contributed by atoms with Crippen molar-refractivity contribution >= 4 is 0 Å². The fourth-order valence-corrected chi connectivity index (χ4v) is 0.851. The van der Waals surface area contributed by atoms with E-state index < -0.39 is 11.9 Å². The first kappa shape index (κ1) is 10.6. The third-order valence-corrected chi connectivity index (χ3v) is 1.54. The highest BCUT2D eigenvalue weighted by atomic mass is 19.1. The van der Waals surface area contributed by atoms with E-state index in [1.807, 2.05) is 7.05 Å². The van der Waals surface area contributed by atoms with Gasteiger partial charge in [-0.2, -0.15) is 13.8 Å². The number of halogens is 2. The van der Waals surface area contributed by atoms with Crippen LogP contribution in [0.1, 0.15) is 12.0 Å². The van der Waals surface area contributed by atoms with Gasteiger partial charge >= 0.3 is 0 Å². The lowest BCUT2D eigenvalue weighted by Gasteiger charge is -1.92. The Morgan fingerprint density at radius 1 is 1.43 bits per heavy atom. The standard InChI is InChI=1S/C10H10F2N2/c1-13-7-3-2-4-8-5-6-9(11)14-10(8)12/h5-6,13H,3,7H2,1H3. The Kier molecular flexibility index (Phi) is 4.02. The monoisotopic (exact) mass is 196 g/mol. The Labute approximate surface area is 81.4 Å². The van der Waals surface area contributed by atoms with Crippen molar-refractivity contribution in [2.45, 2.75) is 6.42 Å². The molecule has 1 aromatic heterocycles. The average Bonchev–Trinajstić information content (AvgIpc) is 2.15. The highest BCUT2D eigenvalue weighted by molar-refractivity contribution is 5.32. The topological polar surface area (TPSA) is 24.9 Å². The van der Waals surface area contributed by atoms with E-state index in [2.05, 4.69) is 22.1 Å².